The lowest BCUT2D eigenvalue weighted by molar-refractivity contribution is -0.132. The fourth-order valence-electron chi connectivity index (χ4n) is 4.56. The van der Waals surface area contributed by atoms with E-state index in [1.165, 1.54) is 0 Å². The highest BCUT2D eigenvalue weighted by atomic mass is 16.5. The molecule has 1 N–H and O–H groups in total. The highest BCUT2D eigenvalue weighted by molar-refractivity contribution is 5.90. The van der Waals surface area contributed by atoms with E-state index < -0.39 is 5.60 Å². The quantitative estimate of drug-likeness (QED) is 0.378. The maximum Gasteiger partial charge on any atom is 0.142 e. The number of phenols is 1. The van der Waals surface area contributed by atoms with Crippen LogP contribution < -0.4 is 4.74 Å². The van der Waals surface area contributed by atoms with Crippen molar-refractivity contribution in [3.63, 3.8) is 0 Å². The second-order valence-electron chi connectivity index (χ2n) is 8.13. The standard InChI is InChI=1S/C24H36O5/c1-4-14-29-23-16-22(27)19(15-18(23)5-2)10-12-24(28-3,17-21(26)11-13-25)20-8-6-7-9-20/h13,15-16,20,27H,4-12,14,17H2,1-3H3. The number of Topliss-reactive ketones (excluding diaryl/α,β-unsaturated/α-hetero) is 1. The second-order valence-corrected chi connectivity index (χ2v) is 8.13. The molecule has 1 unspecified atom stereocenters. The first-order chi connectivity index (χ1) is 14.0. The summed E-state index contributed by atoms with van der Waals surface area (Å²) in [5.74, 6) is 1.20. The molecule has 0 spiro atoms. The first-order valence-corrected chi connectivity index (χ1v) is 11.0. The highest BCUT2D eigenvalue weighted by Crippen LogP contribution is 2.42. The van der Waals surface area contributed by atoms with Crippen LogP contribution in [0.4, 0.5) is 0 Å². The van der Waals surface area contributed by atoms with Crippen LogP contribution in [0.2, 0.25) is 0 Å². The molecule has 162 valence electrons. The van der Waals surface area contributed by atoms with E-state index in [1.54, 1.807) is 13.2 Å². The van der Waals surface area contributed by atoms with Gasteiger partial charge in [-0.1, -0.05) is 26.7 Å². The zero-order valence-electron chi connectivity index (χ0n) is 18.2. The molecule has 1 atom stereocenters. The average molecular weight is 405 g/mol. The molecule has 29 heavy (non-hydrogen) atoms. The van der Waals surface area contributed by atoms with E-state index in [-0.39, 0.29) is 24.4 Å². The number of ketones is 1. The van der Waals surface area contributed by atoms with Crippen LogP contribution in [0.15, 0.2) is 12.1 Å². The molecule has 0 aromatic heterocycles. The molecule has 2 rings (SSSR count). The van der Waals surface area contributed by atoms with Crippen molar-refractivity contribution in [1.82, 2.24) is 0 Å². The van der Waals surface area contributed by atoms with Crippen LogP contribution in [0.3, 0.4) is 0 Å². The molecule has 1 aliphatic rings. The Bertz CT molecular complexity index is 678. The van der Waals surface area contributed by atoms with E-state index in [2.05, 4.69) is 13.8 Å². The van der Waals surface area contributed by atoms with Crippen molar-refractivity contribution in [3.05, 3.63) is 23.3 Å². The number of rotatable bonds is 13. The van der Waals surface area contributed by atoms with Gasteiger partial charge in [-0.2, -0.15) is 0 Å². The Kier molecular flexibility index (Phi) is 9.15. The molecule has 1 fully saturated rings. The van der Waals surface area contributed by atoms with Crippen LogP contribution in [0.25, 0.3) is 0 Å². The van der Waals surface area contributed by atoms with Gasteiger partial charge in [0.15, 0.2) is 0 Å². The van der Waals surface area contributed by atoms with Crippen LogP contribution in [-0.4, -0.2) is 36.5 Å². The Morgan fingerprint density at radius 3 is 2.55 bits per heavy atom. The number of methoxy groups -OCH3 is 1. The van der Waals surface area contributed by atoms with Crippen LogP contribution in [0.5, 0.6) is 11.5 Å². The van der Waals surface area contributed by atoms with E-state index in [0.29, 0.717) is 31.7 Å². The van der Waals surface area contributed by atoms with Crippen molar-refractivity contribution in [1.29, 1.82) is 0 Å². The third-order valence-corrected chi connectivity index (χ3v) is 6.23. The van der Waals surface area contributed by atoms with Crippen molar-refractivity contribution in [2.45, 2.75) is 83.7 Å². The molecule has 0 amide bonds. The maximum atomic E-state index is 12.3. The van der Waals surface area contributed by atoms with E-state index in [4.69, 9.17) is 9.47 Å². The first-order valence-electron chi connectivity index (χ1n) is 11.0. The highest BCUT2D eigenvalue weighted by Gasteiger charge is 2.41. The topological polar surface area (TPSA) is 72.8 Å². The number of benzene rings is 1. The molecular formula is C24H36O5. The third kappa shape index (κ3) is 6.05. The summed E-state index contributed by atoms with van der Waals surface area (Å²) < 4.78 is 11.8. The van der Waals surface area contributed by atoms with Crippen molar-refractivity contribution in [2.75, 3.05) is 13.7 Å². The first kappa shape index (κ1) is 23.4. The van der Waals surface area contributed by atoms with Crippen molar-refractivity contribution >= 4 is 12.1 Å². The molecule has 1 aromatic carbocycles. The summed E-state index contributed by atoms with van der Waals surface area (Å²) in [5, 5.41) is 10.6. The Labute approximate surface area is 174 Å². The van der Waals surface area contributed by atoms with Gasteiger partial charge in [0.25, 0.3) is 0 Å². The Balaban J connectivity index is 2.23. The zero-order chi connectivity index (χ0) is 21.3. The summed E-state index contributed by atoms with van der Waals surface area (Å²) in [6, 6.07) is 3.73. The molecular weight excluding hydrogens is 368 g/mol. The number of carbonyl (C=O) groups is 2. The second kappa shape index (κ2) is 11.3. The SMILES string of the molecule is CCCOc1cc(O)c(CCC(CC(=O)CC=O)(OC)C2CCCC2)cc1CC. The fraction of sp³-hybridized carbons (Fsp3) is 0.667. The predicted octanol–water partition coefficient (Wildman–Crippen LogP) is 4.80. The summed E-state index contributed by atoms with van der Waals surface area (Å²) in [7, 11) is 1.67. The number of carbonyl (C=O) groups excluding carboxylic acids is 2. The molecule has 1 aromatic rings. The van der Waals surface area contributed by atoms with Crippen LogP contribution in [0.1, 0.15) is 76.3 Å². The monoisotopic (exact) mass is 404 g/mol. The van der Waals surface area contributed by atoms with Crippen molar-refractivity contribution in [2.24, 2.45) is 5.92 Å². The summed E-state index contributed by atoms with van der Waals surface area (Å²) in [5.41, 5.74) is 1.35. The largest absolute Gasteiger partial charge is 0.508 e. The van der Waals surface area contributed by atoms with Crippen LogP contribution >= 0.6 is 0 Å². The van der Waals surface area contributed by atoms with Crippen LogP contribution in [-0.2, 0) is 27.2 Å². The number of aryl methyl sites for hydroxylation is 2. The van der Waals surface area contributed by atoms with Crippen LogP contribution in [0, 0.1) is 5.92 Å². The molecule has 0 saturated heterocycles. The van der Waals surface area contributed by atoms with Gasteiger partial charge >= 0.3 is 0 Å². The number of hydrogen-bond acceptors (Lipinski definition) is 5. The van der Waals surface area contributed by atoms with Gasteiger partial charge in [-0.15, -0.1) is 0 Å². The van der Waals surface area contributed by atoms with Gasteiger partial charge in [-0.25, -0.2) is 0 Å². The third-order valence-electron chi connectivity index (χ3n) is 6.23. The van der Waals surface area contributed by atoms with Gasteiger partial charge < -0.3 is 19.4 Å². The molecule has 5 heteroatoms. The lowest BCUT2D eigenvalue weighted by atomic mass is 9.77. The van der Waals surface area contributed by atoms with Crippen molar-refractivity contribution < 1.29 is 24.2 Å². The van der Waals surface area contributed by atoms with E-state index in [1.807, 2.05) is 6.07 Å². The van der Waals surface area contributed by atoms with Gasteiger partial charge in [0.05, 0.1) is 18.6 Å². The van der Waals surface area contributed by atoms with Gasteiger partial charge in [0.2, 0.25) is 0 Å². The lowest BCUT2D eigenvalue weighted by Crippen LogP contribution is -2.41. The minimum Gasteiger partial charge on any atom is -0.508 e. The number of aldehydes is 1. The van der Waals surface area contributed by atoms with Gasteiger partial charge in [-0.05, 0) is 61.6 Å². The average Bonchev–Trinajstić information content (AvgIpc) is 3.26. The van der Waals surface area contributed by atoms with Gasteiger partial charge in [-0.3, -0.25) is 4.79 Å². The fourth-order valence-corrected chi connectivity index (χ4v) is 4.56. The van der Waals surface area contributed by atoms with Gasteiger partial charge in [0.1, 0.15) is 23.6 Å². The molecule has 0 aliphatic heterocycles. The molecule has 1 saturated carbocycles. The zero-order valence-corrected chi connectivity index (χ0v) is 18.2. The summed E-state index contributed by atoms with van der Waals surface area (Å²) in [6.07, 6.45) is 8.23. The number of phenolic OH excluding ortho intramolecular Hbond substituents is 1. The molecule has 0 radical (unpaired) electrons. The van der Waals surface area contributed by atoms with E-state index in [9.17, 15) is 14.7 Å². The lowest BCUT2D eigenvalue weighted by Gasteiger charge is -2.38. The maximum absolute atomic E-state index is 12.3. The summed E-state index contributed by atoms with van der Waals surface area (Å²) in [4.78, 5) is 23.1. The summed E-state index contributed by atoms with van der Waals surface area (Å²) >= 11 is 0. The minimum absolute atomic E-state index is 0.0630. The van der Waals surface area contributed by atoms with E-state index in [0.717, 1.165) is 55.4 Å². The van der Waals surface area contributed by atoms with Crippen molar-refractivity contribution in [3.8, 4) is 11.5 Å². The number of hydrogen-bond donors (Lipinski definition) is 1. The number of aromatic hydroxyl groups is 1. The Morgan fingerprint density at radius 1 is 1.24 bits per heavy atom. The predicted molar refractivity (Wildman–Crippen MR) is 114 cm³/mol. The molecule has 1 aliphatic carbocycles. The molecule has 5 nitrogen and oxygen atoms in total. The Hall–Kier alpha value is -1.88. The Morgan fingerprint density at radius 2 is 1.97 bits per heavy atom. The molecule has 0 bridgehead atoms. The summed E-state index contributed by atoms with van der Waals surface area (Å²) in [6.45, 7) is 4.75. The van der Waals surface area contributed by atoms with E-state index >= 15 is 0 Å². The van der Waals surface area contributed by atoms with Gasteiger partial charge in [0, 0.05) is 19.6 Å². The number of ether oxygens (including phenoxy) is 2. The minimum atomic E-state index is -0.577. The normalized spacial score (nSPS) is 16.5. The smallest absolute Gasteiger partial charge is 0.142 e. The molecule has 0 heterocycles.